The van der Waals surface area contributed by atoms with Crippen molar-refractivity contribution in [3.63, 3.8) is 0 Å². The number of benzene rings is 2. The number of anilines is 1. The van der Waals surface area contributed by atoms with Crippen LogP contribution in [0.4, 0.5) is 5.69 Å². The smallest absolute Gasteiger partial charge is 0.238 e. The van der Waals surface area contributed by atoms with E-state index in [1.807, 2.05) is 54.6 Å². The van der Waals surface area contributed by atoms with E-state index in [2.05, 4.69) is 17.1 Å². The number of para-hydroxylation sites is 3. The summed E-state index contributed by atoms with van der Waals surface area (Å²) in [5.41, 5.74) is 0.701. The van der Waals surface area contributed by atoms with Gasteiger partial charge < -0.3 is 14.8 Å². The number of piperidine rings is 1. The molecule has 0 unspecified atom stereocenters. The fourth-order valence-corrected chi connectivity index (χ4v) is 3.14. The number of hydrogen-bond acceptors (Lipinski definition) is 4. The van der Waals surface area contributed by atoms with Gasteiger partial charge in [0.1, 0.15) is 24.7 Å². The lowest BCUT2D eigenvalue weighted by atomic mass is 9.99. The molecule has 1 fully saturated rings. The SMILES string of the molecule is CC1CCN(CC(=O)Nc2ccccc2OCCOc2ccccc2)CC1. The molecule has 1 saturated heterocycles. The van der Waals surface area contributed by atoms with E-state index in [-0.39, 0.29) is 5.91 Å². The first-order valence-electron chi connectivity index (χ1n) is 9.62. The molecule has 0 radical (unpaired) electrons. The maximum Gasteiger partial charge on any atom is 0.238 e. The molecule has 0 aliphatic carbocycles. The molecule has 3 rings (SSSR count). The molecule has 1 aliphatic heterocycles. The Bertz CT molecular complexity index is 713. The van der Waals surface area contributed by atoms with Gasteiger partial charge in [-0.3, -0.25) is 9.69 Å². The molecule has 1 aliphatic rings. The maximum atomic E-state index is 12.4. The lowest BCUT2D eigenvalue weighted by Gasteiger charge is -2.29. The van der Waals surface area contributed by atoms with Gasteiger partial charge in [0.05, 0.1) is 12.2 Å². The van der Waals surface area contributed by atoms with Crippen molar-refractivity contribution in [1.29, 1.82) is 0 Å². The summed E-state index contributed by atoms with van der Waals surface area (Å²) in [7, 11) is 0. The third-order valence-corrected chi connectivity index (χ3v) is 4.76. The molecule has 27 heavy (non-hydrogen) atoms. The van der Waals surface area contributed by atoms with E-state index in [9.17, 15) is 4.79 Å². The third-order valence-electron chi connectivity index (χ3n) is 4.76. The number of ether oxygens (including phenoxy) is 2. The van der Waals surface area contributed by atoms with E-state index in [1.165, 1.54) is 0 Å². The van der Waals surface area contributed by atoms with Crippen LogP contribution >= 0.6 is 0 Å². The van der Waals surface area contributed by atoms with Crippen molar-refractivity contribution < 1.29 is 14.3 Å². The first-order valence-corrected chi connectivity index (χ1v) is 9.62. The van der Waals surface area contributed by atoms with Gasteiger partial charge in [-0.15, -0.1) is 0 Å². The molecule has 0 aromatic heterocycles. The topological polar surface area (TPSA) is 50.8 Å². The van der Waals surface area contributed by atoms with Gasteiger partial charge >= 0.3 is 0 Å². The van der Waals surface area contributed by atoms with Gasteiger partial charge in [-0.2, -0.15) is 0 Å². The number of carbonyl (C=O) groups excluding carboxylic acids is 1. The minimum atomic E-state index is 0.00105. The standard InChI is InChI=1S/C22H28N2O3/c1-18-11-13-24(14-12-18)17-22(25)23-20-9-5-6-10-21(20)27-16-15-26-19-7-3-2-4-8-19/h2-10,18H,11-17H2,1H3,(H,23,25). The van der Waals surface area contributed by atoms with E-state index < -0.39 is 0 Å². The molecule has 2 aromatic carbocycles. The molecule has 144 valence electrons. The lowest BCUT2D eigenvalue weighted by Crippen LogP contribution is -2.38. The number of hydrogen-bond donors (Lipinski definition) is 1. The number of nitrogens with one attached hydrogen (secondary N) is 1. The highest BCUT2D eigenvalue weighted by molar-refractivity contribution is 5.93. The quantitative estimate of drug-likeness (QED) is 0.720. The second-order valence-electron chi connectivity index (χ2n) is 7.01. The van der Waals surface area contributed by atoms with Crippen LogP contribution in [0.5, 0.6) is 11.5 Å². The predicted octanol–water partition coefficient (Wildman–Crippen LogP) is 3.81. The molecule has 0 atom stereocenters. The molecule has 1 heterocycles. The molecule has 5 nitrogen and oxygen atoms in total. The fourth-order valence-electron chi connectivity index (χ4n) is 3.14. The molecule has 1 N–H and O–H groups in total. The van der Waals surface area contributed by atoms with E-state index in [0.29, 0.717) is 31.2 Å². The number of nitrogens with zero attached hydrogens (tertiary/aromatic N) is 1. The zero-order valence-corrected chi connectivity index (χ0v) is 15.9. The molecule has 0 spiro atoms. The van der Waals surface area contributed by atoms with Gasteiger partial charge in [0, 0.05) is 0 Å². The molecule has 5 heteroatoms. The lowest BCUT2D eigenvalue weighted by molar-refractivity contribution is -0.117. The van der Waals surface area contributed by atoms with Crippen molar-refractivity contribution in [2.24, 2.45) is 5.92 Å². The van der Waals surface area contributed by atoms with Crippen molar-refractivity contribution in [3.05, 3.63) is 54.6 Å². The zero-order chi connectivity index (χ0) is 18.9. The second kappa shape index (κ2) is 9.97. The normalized spacial score (nSPS) is 15.3. The van der Waals surface area contributed by atoms with Crippen LogP contribution in [0, 0.1) is 5.92 Å². The number of rotatable bonds is 8. The molecule has 2 aromatic rings. The van der Waals surface area contributed by atoms with E-state index in [1.54, 1.807) is 0 Å². The van der Waals surface area contributed by atoms with Crippen LogP contribution in [0.25, 0.3) is 0 Å². The number of carbonyl (C=O) groups is 1. The minimum absolute atomic E-state index is 0.00105. The average Bonchev–Trinajstić information content (AvgIpc) is 2.69. The first kappa shape index (κ1) is 19.2. The first-order chi connectivity index (χ1) is 13.2. The summed E-state index contributed by atoms with van der Waals surface area (Å²) >= 11 is 0. The van der Waals surface area contributed by atoms with Gasteiger partial charge in [0.15, 0.2) is 0 Å². The molecule has 0 bridgehead atoms. The number of likely N-dealkylation sites (tertiary alicyclic amines) is 1. The van der Waals surface area contributed by atoms with Crippen LogP contribution in [-0.4, -0.2) is 43.7 Å². The minimum Gasteiger partial charge on any atom is -0.490 e. The van der Waals surface area contributed by atoms with E-state index >= 15 is 0 Å². The van der Waals surface area contributed by atoms with Gasteiger partial charge in [-0.05, 0) is 56.1 Å². The van der Waals surface area contributed by atoms with Gasteiger partial charge in [0.25, 0.3) is 0 Å². The van der Waals surface area contributed by atoms with Crippen molar-refractivity contribution in [1.82, 2.24) is 4.90 Å². The van der Waals surface area contributed by atoms with Gasteiger partial charge in [0.2, 0.25) is 5.91 Å². The Morgan fingerprint density at radius 1 is 1.00 bits per heavy atom. The fraction of sp³-hybridized carbons (Fsp3) is 0.409. The summed E-state index contributed by atoms with van der Waals surface area (Å²) < 4.78 is 11.4. The Kier molecular flexibility index (Phi) is 7.11. The Morgan fingerprint density at radius 3 is 2.44 bits per heavy atom. The van der Waals surface area contributed by atoms with Crippen LogP contribution in [-0.2, 0) is 4.79 Å². The summed E-state index contributed by atoms with van der Waals surface area (Å²) in [5.74, 6) is 2.24. The van der Waals surface area contributed by atoms with Crippen molar-refractivity contribution in [3.8, 4) is 11.5 Å². The second-order valence-corrected chi connectivity index (χ2v) is 7.01. The van der Waals surface area contributed by atoms with Crippen LogP contribution in [0.3, 0.4) is 0 Å². The molecular formula is C22H28N2O3. The van der Waals surface area contributed by atoms with Crippen LogP contribution in [0.1, 0.15) is 19.8 Å². The largest absolute Gasteiger partial charge is 0.490 e. The molecule has 0 saturated carbocycles. The third kappa shape index (κ3) is 6.29. The molecular weight excluding hydrogens is 340 g/mol. The molecule has 1 amide bonds. The Morgan fingerprint density at radius 2 is 1.67 bits per heavy atom. The zero-order valence-electron chi connectivity index (χ0n) is 15.9. The monoisotopic (exact) mass is 368 g/mol. The maximum absolute atomic E-state index is 12.4. The van der Waals surface area contributed by atoms with Gasteiger partial charge in [-0.25, -0.2) is 0 Å². The Hall–Kier alpha value is -2.53. The summed E-state index contributed by atoms with van der Waals surface area (Å²) in [6.45, 7) is 5.53. The van der Waals surface area contributed by atoms with Crippen LogP contribution in [0.2, 0.25) is 0 Å². The predicted molar refractivity (Wildman–Crippen MR) is 107 cm³/mol. The highest BCUT2D eigenvalue weighted by atomic mass is 16.5. The van der Waals surface area contributed by atoms with E-state index in [4.69, 9.17) is 9.47 Å². The Labute approximate surface area is 161 Å². The average molecular weight is 368 g/mol. The van der Waals surface area contributed by atoms with E-state index in [0.717, 1.165) is 37.6 Å². The van der Waals surface area contributed by atoms with Crippen LogP contribution < -0.4 is 14.8 Å². The summed E-state index contributed by atoms with van der Waals surface area (Å²) in [6.07, 6.45) is 2.32. The highest BCUT2D eigenvalue weighted by Gasteiger charge is 2.18. The highest BCUT2D eigenvalue weighted by Crippen LogP contribution is 2.24. The van der Waals surface area contributed by atoms with Crippen molar-refractivity contribution in [2.75, 3.05) is 38.2 Å². The van der Waals surface area contributed by atoms with Crippen molar-refractivity contribution in [2.45, 2.75) is 19.8 Å². The Balaban J connectivity index is 1.46. The number of amides is 1. The van der Waals surface area contributed by atoms with Crippen molar-refractivity contribution >= 4 is 11.6 Å². The summed E-state index contributed by atoms with van der Waals surface area (Å²) in [5, 5.41) is 2.98. The van der Waals surface area contributed by atoms with Gasteiger partial charge in [-0.1, -0.05) is 37.3 Å². The summed E-state index contributed by atoms with van der Waals surface area (Å²) in [6, 6.07) is 17.2. The van der Waals surface area contributed by atoms with Crippen LogP contribution in [0.15, 0.2) is 54.6 Å². The summed E-state index contributed by atoms with van der Waals surface area (Å²) in [4.78, 5) is 14.6.